The van der Waals surface area contributed by atoms with Gasteiger partial charge in [-0.15, -0.1) is 0 Å². The molecule has 0 unspecified atom stereocenters. The Labute approximate surface area is 73.7 Å². The van der Waals surface area contributed by atoms with Gasteiger partial charge in [0.25, 0.3) is 0 Å². The quantitative estimate of drug-likeness (QED) is 0.537. The van der Waals surface area contributed by atoms with Crippen molar-refractivity contribution in [1.29, 1.82) is 0 Å². The summed E-state index contributed by atoms with van der Waals surface area (Å²) in [6.45, 7) is 3.09. The van der Waals surface area contributed by atoms with Crippen LogP contribution in [0, 0.1) is 11.8 Å². The van der Waals surface area contributed by atoms with Gasteiger partial charge in [-0.05, 0) is 25.8 Å². The van der Waals surface area contributed by atoms with E-state index in [4.69, 9.17) is 0 Å². The van der Waals surface area contributed by atoms with Crippen molar-refractivity contribution in [3.63, 3.8) is 0 Å². The lowest BCUT2D eigenvalue weighted by Gasteiger charge is -2.18. The molecule has 4 heteroatoms. The smallest absolute Gasteiger partial charge is 0.150 e. The lowest BCUT2D eigenvalue weighted by atomic mass is 9.95. The normalized spacial score (nSPS) is 46.3. The second kappa shape index (κ2) is 2.45. The van der Waals surface area contributed by atoms with Gasteiger partial charge in [-0.25, -0.2) is 8.42 Å². The predicted molar refractivity (Wildman–Crippen MR) is 47.7 cm³/mol. The van der Waals surface area contributed by atoms with Gasteiger partial charge in [0, 0.05) is 12.6 Å². The monoisotopic (exact) mass is 189 g/mol. The Morgan fingerprint density at radius 3 is 2.58 bits per heavy atom. The van der Waals surface area contributed by atoms with Crippen LogP contribution in [0.3, 0.4) is 0 Å². The average molecular weight is 189 g/mol. The highest BCUT2D eigenvalue weighted by Gasteiger charge is 2.46. The molecule has 2 heterocycles. The van der Waals surface area contributed by atoms with Gasteiger partial charge in [-0.1, -0.05) is 0 Å². The summed E-state index contributed by atoms with van der Waals surface area (Å²) in [4.78, 5) is 2.27. The van der Waals surface area contributed by atoms with Crippen LogP contribution in [0.1, 0.15) is 6.92 Å². The molecule has 0 aromatic heterocycles. The van der Waals surface area contributed by atoms with Crippen molar-refractivity contribution in [1.82, 2.24) is 4.90 Å². The van der Waals surface area contributed by atoms with Gasteiger partial charge in [0.05, 0.1) is 11.5 Å². The molecule has 2 saturated heterocycles. The number of rotatable bonds is 0. The highest BCUT2D eigenvalue weighted by atomic mass is 32.2. The van der Waals surface area contributed by atoms with E-state index in [1.54, 1.807) is 0 Å². The van der Waals surface area contributed by atoms with Crippen LogP contribution in [-0.2, 0) is 9.84 Å². The first-order valence-corrected chi connectivity index (χ1v) is 6.22. The van der Waals surface area contributed by atoms with Crippen molar-refractivity contribution < 1.29 is 8.42 Å². The maximum Gasteiger partial charge on any atom is 0.150 e. The fraction of sp³-hybridized carbons (Fsp3) is 1.00. The first kappa shape index (κ1) is 8.51. The zero-order valence-electron chi connectivity index (χ0n) is 7.53. The van der Waals surface area contributed by atoms with Crippen LogP contribution >= 0.6 is 0 Å². The summed E-state index contributed by atoms with van der Waals surface area (Å²) >= 11 is 0. The Hall–Kier alpha value is -0.0900. The molecule has 12 heavy (non-hydrogen) atoms. The maximum absolute atomic E-state index is 11.3. The van der Waals surface area contributed by atoms with Crippen molar-refractivity contribution in [2.75, 3.05) is 25.1 Å². The van der Waals surface area contributed by atoms with Crippen molar-refractivity contribution in [2.24, 2.45) is 11.8 Å². The minimum Gasteiger partial charge on any atom is -0.303 e. The van der Waals surface area contributed by atoms with Crippen molar-refractivity contribution in [2.45, 2.75) is 13.0 Å². The van der Waals surface area contributed by atoms with E-state index in [1.165, 1.54) is 0 Å². The zero-order chi connectivity index (χ0) is 8.93. The molecule has 3 nitrogen and oxygen atoms in total. The Balaban J connectivity index is 2.21. The second-order valence-electron chi connectivity index (χ2n) is 4.18. The largest absolute Gasteiger partial charge is 0.303 e. The molecule has 2 fully saturated rings. The molecule has 0 saturated carbocycles. The number of hydrogen-bond donors (Lipinski definition) is 0. The van der Waals surface area contributed by atoms with E-state index in [0.29, 0.717) is 29.4 Å². The maximum atomic E-state index is 11.3. The highest BCUT2D eigenvalue weighted by Crippen LogP contribution is 2.36. The Morgan fingerprint density at radius 2 is 2.00 bits per heavy atom. The third-order valence-electron chi connectivity index (χ3n) is 3.36. The Bertz CT molecular complexity index is 285. The van der Waals surface area contributed by atoms with E-state index in [1.807, 2.05) is 0 Å². The summed E-state index contributed by atoms with van der Waals surface area (Å²) in [6.07, 6.45) is 0. The van der Waals surface area contributed by atoms with Crippen LogP contribution in [0.4, 0.5) is 0 Å². The molecule has 3 atom stereocenters. The molecule has 0 N–H and O–H groups in total. The van der Waals surface area contributed by atoms with E-state index >= 15 is 0 Å². The van der Waals surface area contributed by atoms with Crippen molar-refractivity contribution in [3.8, 4) is 0 Å². The van der Waals surface area contributed by atoms with Crippen LogP contribution in [0.25, 0.3) is 0 Å². The van der Waals surface area contributed by atoms with E-state index in [2.05, 4.69) is 18.9 Å². The molecule has 0 spiro atoms. The summed E-state index contributed by atoms with van der Waals surface area (Å²) < 4.78 is 22.6. The van der Waals surface area contributed by atoms with Gasteiger partial charge in [-0.2, -0.15) is 0 Å². The minimum atomic E-state index is -2.69. The lowest BCUT2D eigenvalue weighted by molar-refractivity contribution is 0.301. The van der Waals surface area contributed by atoms with Crippen LogP contribution in [-0.4, -0.2) is 44.5 Å². The minimum absolute atomic E-state index is 0.403. The number of fused-ring (bicyclic) bond motifs is 1. The van der Waals surface area contributed by atoms with Crippen LogP contribution in [0.2, 0.25) is 0 Å². The summed E-state index contributed by atoms with van der Waals surface area (Å²) in [5, 5.41) is 0. The third kappa shape index (κ3) is 1.17. The fourth-order valence-electron chi connectivity index (χ4n) is 2.53. The van der Waals surface area contributed by atoms with Crippen LogP contribution in [0.5, 0.6) is 0 Å². The summed E-state index contributed by atoms with van der Waals surface area (Å²) in [5.41, 5.74) is 0. The zero-order valence-corrected chi connectivity index (χ0v) is 8.34. The Kier molecular flexibility index (Phi) is 1.74. The molecule has 0 aromatic rings. The van der Waals surface area contributed by atoms with Crippen molar-refractivity contribution >= 4 is 9.84 Å². The predicted octanol–water partition coefficient (Wildman–Crippen LogP) is -0.0189. The molecule has 70 valence electrons. The summed E-state index contributed by atoms with van der Waals surface area (Å²) in [6, 6.07) is 0.451. The fourth-order valence-corrected chi connectivity index (χ4v) is 4.81. The van der Waals surface area contributed by atoms with Gasteiger partial charge >= 0.3 is 0 Å². The first-order chi connectivity index (χ1) is 5.49. The highest BCUT2D eigenvalue weighted by molar-refractivity contribution is 7.91. The summed E-state index contributed by atoms with van der Waals surface area (Å²) in [5.74, 6) is 1.66. The molecule has 2 rings (SSSR count). The van der Waals surface area contributed by atoms with E-state index in [0.717, 1.165) is 6.54 Å². The average Bonchev–Trinajstić information content (AvgIpc) is 2.33. The molecule has 0 aliphatic carbocycles. The standard InChI is InChI=1S/C8H15NO2S/c1-6-8-5-12(10,11)4-7(8)3-9(6)2/h6-8H,3-5H2,1-2H3/t6-,7-,8-/m1/s1. The molecule has 0 radical (unpaired) electrons. The molecule has 0 aromatic carbocycles. The summed E-state index contributed by atoms with van der Waals surface area (Å²) in [7, 11) is -0.610. The van der Waals surface area contributed by atoms with Crippen molar-refractivity contribution in [3.05, 3.63) is 0 Å². The molecule has 0 amide bonds. The van der Waals surface area contributed by atoms with Gasteiger partial charge in [0.15, 0.2) is 9.84 Å². The molecular weight excluding hydrogens is 174 g/mol. The van der Waals surface area contributed by atoms with E-state index in [-0.39, 0.29) is 0 Å². The van der Waals surface area contributed by atoms with Gasteiger partial charge in [0.2, 0.25) is 0 Å². The van der Waals surface area contributed by atoms with E-state index in [9.17, 15) is 8.42 Å². The topological polar surface area (TPSA) is 37.4 Å². The van der Waals surface area contributed by atoms with Gasteiger partial charge in [-0.3, -0.25) is 0 Å². The van der Waals surface area contributed by atoms with Crippen LogP contribution in [0.15, 0.2) is 0 Å². The number of nitrogens with zero attached hydrogens (tertiary/aromatic N) is 1. The second-order valence-corrected chi connectivity index (χ2v) is 6.33. The molecular formula is C8H15NO2S. The number of likely N-dealkylation sites (tertiary alicyclic amines) is 1. The number of sulfone groups is 1. The molecule has 2 aliphatic heterocycles. The lowest BCUT2D eigenvalue weighted by Crippen LogP contribution is -2.28. The third-order valence-corrected chi connectivity index (χ3v) is 5.19. The van der Waals surface area contributed by atoms with Crippen LogP contribution < -0.4 is 0 Å². The number of hydrogen-bond acceptors (Lipinski definition) is 3. The molecule has 2 aliphatic rings. The SMILES string of the molecule is C[C@@H]1[C@H]2CS(=O)(=O)C[C@H]2CN1C. The van der Waals surface area contributed by atoms with Gasteiger partial charge < -0.3 is 4.90 Å². The van der Waals surface area contributed by atoms with E-state index < -0.39 is 9.84 Å². The van der Waals surface area contributed by atoms with Gasteiger partial charge in [0.1, 0.15) is 0 Å². The molecule has 0 bridgehead atoms. The first-order valence-electron chi connectivity index (χ1n) is 4.40. The Morgan fingerprint density at radius 1 is 1.33 bits per heavy atom.